The van der Waals surface area contributed by atoms with E-state index in [4.69, 9.17) is 19.4 Å². The Bertz CT molecular complexity index is 3380. The van der Waals surface area contributed by atoms with Crippen LogP contribution >= 0.6 is 0 Å². The first-order valence-electron chi connectivity index (χ1n) is 18.8. The van der Waals surface area contributed by atoms with Crippen LogP contribution < -0.4 is 0 Å². The third-order valence-electron chi connectivity index (χ3n) is 11.1. The van der Waals surface area contributed by atoms with Crippen molar-refractivity contribution in [3.63, 3.8) is 0 Å². The molecule has 0 saturated heterocycles. The quantitative estimate of drug-likeness (QED) is 0.182. The third kappa shape index (κ3) is 4.71. The fourth-order valence-corrected chi connectivity index (χ4v) is 8.55. The molecule has 0 unspecified atom stereocenters. The molecule has 0 aliphatic rings. The molecule has 0 radical (unpaired) electrons. The molecule has 0 N–H and O–H groups in total. The van der Waals surface area contributed by atoms with E-state index in [1.807, 2.05) is 60.7 Å². The first-order chi connectivity index (χ1) is 27.7. The van der Waals surface area contributed by atoms with E-state index in [9.17, 15) is 0 Å². The lowest BCUT2D eigenvalue weighted by atomic mass is 9.97. The van der Waals surface area contributed by atoms with Crippen LogP contribution in [0.25, 0.3) is 116 Å². The molecule has 0 spiro atoms. The molecule has 0 aliphatic heterocycles. The van der Waals surface area contributed by atoms with Crippen LogP contribution in [-0.2, 0) is 0 Å². The van der Waals surface area contributed by atoms with Gasteiger partial charge < -0.3 is 8.98 Å². The average molecular weight is 715 g/mol. The maximum absolute atomic E-state index is 6.73. The van der Waals surface area contributed by atoms with Gasteiger partial charge in [-0.25, -0.2) is 15.0 Å². The minimum Gasteiger partial charge on any atom is -0.456 e. The Labute approximate surface area is 320 Å². The Hall–Kier alpha value is -7.63. The lowest BCUT2D eigenvalue weighted by Gasteiger charge is -2.12. The van der Waals surface area contributed by atoms with Crippen LogP contribution in [0.5, 0.6) is 0 Å². The number of hydrogen-bond acceptors (Lipinski definition) is 4. The van der Waals surface area contributed by atoms with Crippen LogP contribution in [0.4, 0.5) is 0 Å². The molecule has 260 valence electrons. The minimum absolute atomic E-state index is 0.599. The summed E-state index contributed by atoms with van der Waals surface area (Å²) in [6.45, 7) is 0. The van der Waals surface area contributed by atoms with E-state index in [0.29, 0.717) is 17.5 Å². The van der Waals surface area contributed by atoms with Crippen molar-refractivity contribution in [3.8, 4) is 39.9 Å². The van der Waals surface area contributed by atoms with E-state index < -0.39 is 0 Å². The van der Waals surface area contributed by atoms with Gasteiger partial charge in [0.15, 0.2) is 17.5 Å². The molecule has 9 aromatic carbocycles. The number of furan rings is 1. The van der Waals surface area contributed by atoms with Gasteiger partial charge in [0, 0.05) is 43.9 Å². The van der Waals surface area contributed by atoms with Crippen LogP contribution in [0, 0.1) is 0 Å². The summed E-state index contributed by atoms with van der Waals surface area (Å²) in [5.74, 6) is 1.84. The molecule has 12 rings (SSSR count). The van der Waals surface area contributed by atoms with E-state index in [-0.39, 0.29) is 0 Å². The molecule has 0 fully saturated rings. The van der Waals surface area contributed by atoms with Crippen molar-refractivity contribution >= 4 is 76.1 Å². The van der Waals surface area contributed by atoms with Crippen molar-refractivity contribution in [1.29, 1.82) is 0 Å². The van der Waals surface area contributed by atoms with E-state index >= 15 is 0 Å². The van der Waals surface area contributed by atoms with E-state index in [0.717, 1.165) is 66.1 Å². The van der Waals surface area contributed by atoms with Gasteiger partial charge in [-0.15, -0.1) is 0 Å². The normalized spacial score (nSPS) is 11.9. The zero-order valence-corrected chi connectivity index (χ0v) is 30.0. The molecule has 3 aromatic heterocycles. The topological polar surface area (TPSA) is 56.7 Å². The van der Waals surface area contributed by atoms with Crippen molar-refractivity contribution in [2.24, 2.45) is 0 Å². The molecular weight excluding hydrogens is 685 g/mol. The molecule has 5 nitrogen and oxygen atoms in total. The summed E-state index contributed by atoms with van der Waals surface area (Å²) in [5, 5.41) is 11.4. The first-order valence-corrected chi connectivity index (χ1v) is 18.8. The number of nitrogens with zero attached hydrogens (tertiary/aromatic N) is 4. The maximum atomic E-state index is 6.73. The molecular formula is C51H30N4O. The highest BCUT2D eigenvalue weighted by atomic mass is 16.3. The van der Waals surface area contributed by atoms with Gasteiger partial charge in [0.25, 0.3) is 0 Å². The summed E-state index contributed by atoms with van der Waals surface area (Å²) in [4.78, 5) is 15.5. The second-order valence-corrected chi connectivity index (χ2v) is 14.4. The smallest absolute Gasteiger partial charge is 0.165 e. The van der Waals surface area contributed by atoms with Gasteiger partial charge in [0.2, 0.25) is 0 Å². The summed E-state index contributed by atoms with van der Waals surface area (Å²) in [6.07, 6.45) is 0. The molecule has 0 bridgehead atoms. The largest absolute Gasteiger partial charge is 0.456 e. The Morgan fingerprint density at radius 1 is 0.357 bits per heavy atom. The number of fused-ring (bicyclic) bond motifs is 9. The van der Waals surface area contributed by atoms with Crippen molar-refractivity contribution in [3.05, 3.63) is 182 Å². The van der Waals surface area contributed by atoms with Crippen molar-refractivity contribution in [2.45, 2.75) is 0 Å². The molecule has 0 amide bonds. The monoisotopic (exact) mass is 714 g/mol. The fraction of sp³-hybridized carbons (Fsp3) is 0. The Balaban J connectivity index is 1.18. The molecule has 0 atom stereocenters. The van der Waals surface area contributed by atoms with Crippen LogP contribution in [-0.4, -0.2) is 19.5 Å². The van der Waals surface area contributed by atoms with Gasteiger partial charge in [-0.1, -0.05) is 133 Å². The minimum atomic E-state index is 0.599. The fourth-order valence-electron chi connectivity index (χ4n) is 8.55. The van der Waals surface area contributed by atoms with Crippen LogP contribution in [0.2, 0.25) is 0 Å². The zero-order chi connectivity index (χ0) is 36.7. The highest BCUT2D eigenvalue weighted by Crippen LogP contribution is 2.43. The maximum Gasteiger partial charge on any atom is 0.165 e. The molecule has 0 aliphatic carbocycles. The summed E-state index contributed by atoms with van der Waals surface area (Å²) < 4.78 is 9.14. The summed E-state index contributed by atoms with van der Waals surface area (Å²) in [6, 6.07) is 63.9. The van der Waals surface area contributed by atoms with Gasteiger partial charge in [-0.2, -0.15) is 0 Å². The number of aromatic nitrogens is 4. The number of hydrogen-bond donors (Lipinski definition) is 0. The van der Waals surface area contributed by atoms with Gasteiger partial charge in [0.05, 0.1) is 11.0 Å². The average Bonchev–Trinajstić information content (AvgIpc) is 3.77. The Morgan fingerprint density at radius 2 is 0.857 bits per heavy atom. The molecule has 0 saturated carbocycles. The van der Waals surface area contributed by atoms with Gasteiger partial charge >= 0.3 is 0 Å². The van der Waals surface area contributed by atoms with E-state index in [2.05, 4.69) is 126 Å². The van der Waals surface area contributed by atoms with Gasteiger partial charge in [-0.3, -0.25) is 0 Å². The second-order valence-electron chi connectivity index (χ2n) is 14.4. The van der Waals surface area contributed by atoms with Gasteiger partial charge in [0.1, 0.15) is 11.2 Å². The van der Waals surface area contributed by atoms with Gasteiger partial charge in [-0.05, 0) is 80.8 Å². The zero-order valence-electron chi connectivity index (χ0n) is 30.0. The molecule has 12 aromatic rings. The lowest BCUT2D eigenvalue weighted by Crippen LogP contribution is -2.01. The Morgan fingerprint density at radius 3 is 1.45 bits per heavy atom. The summed E-state index contributed by atoms with van der Waals surface area (Å²) >= 11 is 0. The third-order valence-corrected chi connectivity index (χ3v) is 11.1. The molecule has 56 heavy (non-hydrogen) atoms. The summed E-state index contributed by atoms with van der Waals surface area (Å²) in [5.41, 5.74) is 7.73. The summed E-state index contributed by atoms with van der Waals surface area (Å²) in [7, 11) is 0. The number of rotatable bonds is 4. The standard InChI is InChI=1S/C51H30N4O/c1-3-13-31(14-4-1)49-52-50(32-15-5-2-6-16-32)54-51(53-49)48-39-22-12-11-21-37(39)29-46-47(48)42-30-38(23-24-45(42)56-46)55-43-27-35-19-9-7-17-33(35)25-40(43)41-26-34-18-8-10-20-36(34)28-44(41)55/h1-30H. The first kappa shape index (κ1) is 30.8. The molecule has 5 heteroatoms. The predicted molar refractivity (Wildman–Crippen MR) is 230 cm³/mol. The lowest BCUT2D eigenvalue weighted by molar-refractivity contribution is 0.669. The molecule has 3 heterocycles. The highest BCUT2D eigenvalue weighted by molar-refractivity contribution is 6.21. The highest BCUT2D eigenvalue weighted by Gasteiger charge is 2.22. The van der Waals surface area contributed by atoms with Crippen molar-refractivity contribution in [1.82, 2.24) is 19.5 Å². The second kappa shape index (κ2) is 11.9. The SMILES string of the molecule is c1ccc(-c2nc(-c3ccccc3)nc(-c3c4ccccc4cc4oc5ccc(-n6c7cc8ccccc8cc7c7cc8ccccc8cc76)cc5c34)n2)cc1. The van der Waals surface area contributed by atoms with E-state index in [1.165, 1.54) is 32.3 Å². The van der Waals surface area contributed by atoms with Crippen molar-refractivity contribution < 1.29 is 4.42 Å². The predicted octanol–water partition coefficient (Wildman–Crippen LogP) is 13.3. The Kier molecular flexibility index (Phi) is 6.56. The van der Waals surface area contributed by atoms with Crippen LogP contribution in [0.3, 0.4) is 0 Å². The van der Waals surface area contributed by atoms with Crippen LogP contribution in [0.15, 0.2) is 186 Å². The van der Waals surface area contributed by atoms with Crippen LogP contribution in [0.1, 0.15) is 0 Å². The van der Waals surface area contributed by atoms with Crippen molar-refractivity contribution in [2.75, 3.05) is 0 Å². The van der Waals surface area contributed by atoms with E-state index in [1.54, 1.807) is 0 Å². The number of benzene rings is 9.